The van der Waals surface area contributed by atoms with Crippen molar-refractivity contribution in [1.29, 1.82) is 0 Å². The zero-order chi connectivity index (χ0) is 13.9. The number of aryl methyl sites for hydroxylation is 1. The van der Waals surface area contributed by atoms with Crippen molar-refractivity contribution in [2.24, 2.45) is 5.92 Å². The predicted octanol–water partition coefficient (Wildman–Crippen LogP) is 1.62. The van der Waals surface area contributed by atoms with Gasteiger partial charge in [-0.25, -0.2) is 8.42 Å². The monoisotopic (exact) mass is 282 g/mol. The molecule has 1 N–H and O–H groups in total. The summed E-state index contributed by atoms with van der Waals surface area (Å²) in [5, 5.41) is 3.14. The van der Waals surface area contributed by atoms with Crippen LogP contribution in [0.25, 0.3) is 0 Å². The molecule has 2 rings (SSSR count). The number of nitrogens with one attached hydrogen (secondary N) is 1. The average Bonchev–Trinajstić information content (AvgIpc) is 2.40. The van der Waals surface area contributed by atoms with Crippen LogP contribution in [0.3, 0.4) is 0 Å². The fourth-order valence-electron chi connectivity index (χ4n) is 2.69. The van der Waals surface area contributed by atoms with Crippen molar-refractivity contribution in [2.75, 3.05) is 26.7 Å². The Balaban J connectivity index is 2.22. The molecule has 0 bridgehead atoms. The van der Waals surface area contributed by atoms with Crippen LogP contribution in [-0.2, 0) is 10.0 Å². The minimum absolute atomic E-state index is 0.414. The van der Waals surface area contributed by atoms with Crippen LogP contribution >= 0.6 is 0 Å². The molecule has 19 heavy (non-hydrogen) atoms. The molecule has 0 radical (unpaired) electrons. The van der Waals surface area contributed by atoms with Crippen LogP contribution < -0.4 is 5.32 Å². The third-order valence-electron chi connectivity index (χ3n) is 3.69. The first-order valence-corrected chi connectivity index (χ1v) is 8.20. The van der Waals surface area contributed by atoms with Gasteiger partial charge in [-0.15, -0.1) is 0 Å². The van der Waals surface area contributed by atoms with E-state index in [1.807, 2.05) is 26.1 Å². The third kappa shape index (κ3) is 3.16. The highest BCUT2D eigenvalue weighted by Gasteiger charge is 2.30. The maximum absolute atomic E-state index is 12.7. The fourth-order valence-corrected chi connectivity index (χ4v) is 4.47. The Bertz CT molecular complexity index is 526. The maximum Gasteiger partial charge on any atom is 0.243 e. The lowest BCUT2D eigenvalue weighted by molar-refractivity contribution is 0.263. The molecule has 0 amide bonds. The summed E-state index contributed by atoms with van der Waals surface area (Å²) in [5.41, 5.74) is 0.818. The fraction of sp³-hybridized carbons (Fsp3) is 0.571. The Labute approximate surface area is 115 Å². The zero-order valence-electron chi connectivity index (χ0n) is 11.6. The summed E-state index contributed by atoms with van der Waals surface area (Å²) < 4.78 is 27.0. The van der Waals surface area contributed by atoms with Gasteiger partial charge in [0.25, 0.3) is 0 Å². The smallest absolute Gasteiger partial charge is 0.243 e. The van der Waals surface area contributed by atoms with E-state index in [9.17, 15) is 8.42 Å². The van der Waals surface area contributed by atoms with Gasteiger partial charge in [-0.3, -0.25) is 0 Å². The molecule has 1 saturated heterocycles. The number of hydrogen-bond acceptors (Lipinski definition) is 3. The molecule has 1 aliphatic rings. The van der Waals surface area contributed by atoms with Crippen LogP contribution in [0.4, 0.5) is 0 Å². The van der Waals surface area contributed by atoms with Crippen molar-refractivity contribution in [3.63, 3.8) is 0 Å². The molecular weight excluding hydrogens is 260 g/mol. The van der Waals surface area contributed by atoms with Crippen LogP contribution in [0, 0.1) is 12.8 Å². The second-order valence-corrected chi connectivity index (χ2v) is 7.10. The van der Waals surface area contributed by atoms with E-state index in [2.05, 4.69) is 5.32 Å². The molecule has 1 aromatic rings. The number of hydrogen-bond donors (Lipinski definition) is 1. The van der Waals surface area contributed by atoms with Crippen molar-refractivity contribution >= 4 is 10.0 Å². The molecule has 0 spiro atoms. The highest BCUT2D eigenvalue weighted by atomic mass is 32.2. The molecule has 0 aromatic heterocycles. The van der Waals surface area contributed by atoms with E-state index in [1.54, 1.807) is 16.4 Å². The number of piperidine rings is 1. The van der Waals surface area contributed by atoms with Gasteiger partial charge in [0.2, 0.25) is 10.0 Å². The van der Waals surface area contributed by atoms with E-state index in [-0.39, 0.29) is 0 Å². The van der Waals surface area contributed by atoms with Gasteiger partial charge in [0.15, 0.2) is 0 Å². The molecule has 0 saturated carbocycles. The zero-order valence-corrected chi connectivity index (χ0v) is 12.4. The molecule has 1 aliphatic heterocycles. The van der Waals surface area contributed by atoms with Gasteiger partial charge in [-0.1, -0.05) is 18.2 Å². The second kappa shape index (κ2) is 6.03. The van der Waals surface area contributed by atoms with Crippen LogP contribution in [0.5, 0.6) is 0 Å². The van der Waals surface area contributed by atoms with E-state index in [0.717, 1.165) is 24.9 Å². The van der Waals surface area contributed by atoms with Gasteiger partial charge >= 0.3 is 0 Å². The lowest BCUT2D eigenvalue weighted by Crippen LogP contribution is -2.42. The lowest BCUT2D eigenvalue weighted by Gasteiger charge is -2.32. The molecule has 1 aromatic carbocycles. The Hall–Kier alpha value is -0.910. The van der Waals surface area contributed by atoms with Gasteiger partial charge in [0, 0.05) is 13.1 Å². The van der Waals surface area contributed by atoms with Crippen molar-refractivity contribution < 1.29 is 8.42 Å². The summed E-state index contributed by atoms with van der Waals surface area (Å²) in [7, 11) is -1.43. The molecule has 4 nitrogen and oxygen atoms in total. The summed E-state index contributed by atoms with van der Waals surface area (Å²) in [6, 6.07) is 7.21. The Morgan fingerprint density at radius 3 is 2.79 bits per heavy atom. The highest BCUT2D eigenvalue weighted by molar-refractivity contribution is 7.89. The molecule has 0 aliphatic carbocycles. The van der Waals surface area contributed by atoms with E-state index < -0.39 is 10.0 Å². The van der Waals surface area contributed by atoms with Crippen molar-refractivity contribution in [3.05, 3.63) is 29.8 Å². The summed E-state index contributed by atoms with van der Waals surface area (Å²) in [4.78, 5) is 0.445. The lowest BCUT2D eigenvalue weighted by atomic mass is 10.00. The standard InChI is InChI=1S/C14H22N2O2S/c1-12-6-3-4-8-14(12)19(17,18)16-9-5-7-13(11-16)10-15-2/h3-4,6,8,13,15H,5,7,9-11H2,1-2H3. The molecule has 1 unspecified atom stereocenters. The SMILES string of the molecule is CNCC1CCCN(S(=O)(=O)c2ccccc2C)C1. The predicted molar refractivity (Wildman–Crippen MR) is 76.6 cm³/mol. The summed E-state index contributed by atoms with van der Waals surface area (Å²) in [6.07, 6.45) is 2.04. The molecule has 1 heterocycles. The van der Waals surface area contributed by atoms with Crippen LogP contribution in [0.2, 0.25) is 0 Å². The van der Waals surface area contributed by atoms with E-state index >= 15 is 0 Å². The molecule has 106 valence electrons. The van der Waals surface area contributed by atoms with E-state index in [0.29, 0.717) is 23.9 Å². The van der Waals surface area contributed by atoms with Gasteiger partial charge in [-0.05, 0) is 50.9 Å². The van der Waals surface area contributed by atoms with Gasteiger partial charge < -0.3 is 5.32 Å². The van der Waals surface area contributed by atoms with E-state index in [4.69, 9.17) is 0 Å². The average molecular weight is 282 g/mol. The van der Waals surface area contributed by atoms with Crippen molar-refractivity contribution in [3.8, 4) is 0 Å². The Kier molecular flexibility index (Phi) is 4.60. The van der Waals surface area contributed by atoms with Crippen LogP contribution in [0.15, 0.2) is 29.2 Å². The number of sulfonamides is 1. The van der Waals surface area contributed by atoms with Gasteiger partial charge in [0.05, 0.1) is 4.90 Å². The Morgan fingerprint density at radius 1 is 1.37 bits per heavy atom. The number of benzene rings is 1. The van der Waals surface area contributed by atoms with Gasteiger partial charge in [-0.2, -0.15) is 4.31 Å². The second-order valence-electron chi connectivity index (χ2n) is 5.19. The highest BCUT2D eigenvalue weighted by Crippen LogP contribution is 2.25. The first-order chi connectivity index (χ1) is 9.05. The quantitative estimate of drug-likeness (QED) is 0.913. The van der Waals surface area contributed by atoms with E-state index in [1.165, 1.54) is 0 Å². The normalized spacial score (nSPS) is 21.5. The minimum Gasteiger partial charge on any atom is -0.319 e. The number of rotatable bonds is 4. The first kappa shape index (κ1) is 14.5. The molecular formula is C14H22N2O2S. The summed E-state index contributed by atoms with van der Waals surface area (Å²) >= 11 is 0. The first-order valence-electron chi connectivity index (χ1n) is 6.76. The Morgan fingerprint density at radius 2 is 2.11 bits per heavy atom. The van der Waals surface area contributed by atoms with Gasteiger partial charge in [0.1, 0.15) is 0 Å². The van der Waals surface area contributed by atoms with Crippen molar-refractivity contribution in [2.45, 2.75) is 24.7 Å². The topological polar surface area (TPSA) is 49.4 Å². The molecule has 5 heteroatoms. The maximum atomic E-state index is 12.7. The molecule has 1 atom stereocenters. The number of nitrogens with zero attached hydrogens (tertiary/aromatic N) is 1. The molecule has 1 fully saturated rings. The third-order valence-corrected chi connectivity index (χ3v) is 5.71. The van der Waals surface area contributed by atoms with Crippen LogP contribution in [-0.4, -0.2) is 39.4 Å². The van der Waals surface area contributed by atoms with Crippen LogP contribution in [0.1, 0.15) is 18.4 Å². The van der Waals surface area contributed by atoms with Crippen molar-refractivity contribution in [1.82, 2.24) is 9.62 Å². The minimum atomic E-state index is -3.34. The largest absolute Gasteiger partial charge is 0.319 e. The summed E-state index contributed by atoms with van der Waals surface area (Å²) in [5.74, 6) is 0.414. The summed E-state index contributed by atoms with van der Waals surface area (Å²) in [6.45, 7) is 3.98.